The third-order valence-electron chi connectivity index (χ3n) is 4.12. The van der Waals surface area contributed by atoms with Crippen LogP contribution < -0.4 is 0 Å². The molecule has 0 aliphatic carbocycles. The van der Waals surface area contributed by atoms with Crippen molar-refractivity contribution in [3.8, 4) is 0 Å². The van der Waals surface area contributed by atoms with Crippen molar-refractivity contribution in [2.75, 3.05) is 6.61 Å². The Morgan fingerprint density at radius 2 is 2.00 bits per heavy atom. The van der Waals surface area contributed by atoms with Gasteiger partial charge in [0.2, 0.25) is 0 Å². The lowest BCUT2D eigenvalue weighted by Gasteiger charge is -2.42. The highest BCUT2D eigenvalue weighted by molar-refractivity contribution is 6.74. The number of ketones is 1. The van der Waals surface area contributed by atoms with Crippen molar-refractivity contribution in [2.45, 2.75) is 77.3 Å². The van der Waals surface area contributed by atoms with Gasteiger partial charge in [-0.15, -0.1) is 0 Å². The average molecular weight is 272 g/mol. The van der Waals surface area contributed by atoms with E-state index in [1.165, 1.54) is 0 Å². The van der Waals surface area contributed by atoms with E-state index in [0.717, 1.165) is 19.4 Å². The van der Waals surface area contributed by atoms with Gasteiger partial charge in [0.25, 0.3) is 0 Å². The lowest BCUT2D eigenvalue weighted by Crippen LogP contribution is -2.49. The van der Waals surface area contributed by atoms with Crippen LogP contribution in [0.1, 0.15) is 47.0 Å². The minimum Gasteiger partial charge on any atom is -0.411 e. The molecule has 0 unspecified atom stereocenters. The van der Waals surface area contributed by atoms with E-state index in [4.69, 9.17) is 9.16 Å². The molecule has 0 aromatic carbocycles. The molecule has 1 saturated heterocycles. The van der Waals surface area contributed by atoms with Gasteiger partial charge in [-0.05, 0) is 37.9 Å². The van der Waals surface area contributed by atoms with Crippen molar-refractivity contribution in [2.24, 2.45) is 0 Å². The third kappa shape index (κ3) is 4.18. The summed E-state index contributed by atoms with van der Waals surface area (Å²) in [7, 11) is -1.78. The van der Waals surface area contributed by atoms with Crippen LogP contribution in [0.4, 0.5) is 0 Å². The number of carbonyl (C=O) groups excluding carboxylic acids is 1. The topological polar surface area (TPSA) is 35.5 Å². The van der Waals surface area contributed by atoms with E-state index in [1.807, 2.05) is 0 Å². The molecule has 0 aromatic rings. The molecule has 18 heavy (non-hydrogen) atoms. The number of rotatable bonds is 4. The molecule has 0 spiro atoms. The molecule has 3 nitrogen and oxygen atoms in total. The normalized spacial score (nSPS) is 26.1. The zero-order chi connectivity index (χ0) is 14.0. The molecule has 1 aliphatic rings. The van der Waals surface area contributed by atoms with E-state index in [9.17, 15) is 4.79 Å². The van der Waals surface area contributed by atoms with E-state index in [2.05, 4.69) is 33.9 Å². The number of hydrogen-bond donors (Lipinski definition) is 0. The van der Waals surface area contributed by atoms with Gasteiger partial charge in [-0.3, -0.25) is 4.79 Å². The molecule has 1 rings (SSSR count). The summed E-state index contributed by atoms with van der Waals surface area (Å²) in [5.41, 5.74) is 0. The number of carbonyl (C=O) groups is 1. The van der Waals surface area contributed by atoms with Gasteiger partial charge in [-0.2, -0.15) is 0 Å². The van der Waals surface area contributed by atoms with Crippen molar-refractivity contribution >= 4 is 14.1 Å². The lowest BCUT2D eigenvalue weighted by atomic mass is 10.0. The van der Waals surface area contributed by atoms with Crippen LogP contribution in [0.3, 0.4) is 0 Å². The molecule has 0 bridgehead atoms. The quantitative estimate of drug-likeness (QED) is 0.734. The SMILES string of the molecule is CC(=O)C[C@H]1OCCC[C@@H]1O[Si](C)(C)C(C)(C)C. The fourth-order valence-corrected chi connectivity index (χ4v) is 3.36. The van der Waals surface area contributed by atoms with Crippen LogP contribution in [0.15, 0.2) is 0 Å². The van der Waals surface area contributed by atoms with Crippen LogP contribution >= 0.6 is 0 Å². The first-order chi connectivity index (χ1) is 8.13. The summed E-state index contributed by atoms with van der Waals surface area (Å²) in [5, 5.41) is 0.200. The second kappa shape index (κ2) is 5.84. The maximum absolute atomic E-state index is 11.3. The van der Waals surface area contributed by atoms with Gasteiger partial charge < -0.3 is 9.16 Å². The monoisotopic (exact) mass is 272 g/mol. The molecule has 1 fully saturated rings. The number of Topliss-reactive ketones (excluding diaryl/α,β-unsaturated/α-hetero) is 1. The largest absolute Gasteiger partial charge is 0.411 e. The summed E-state index contributed by atoms with van der Waals surface area (Å²) in [6, 6.07) is 0. The predicted molar refractivity (Wildman–Crippen MR) is 76.3 cm³/mol. The van der Waals surface area contributed by atoms with Gasteiger partial charge in [0, 0.05) is 13.0 Å². The second-order valence-electron chi connectivity index (χ2n) is 6.87. The summed E-state index contributed by atoms with van der Waals surface area (Å²) < 4.78 is 12.2. The zero-order valence-electron chi connectivity index (χ0n) is 12.7. The molecule has 1 heterocycles. The van der Waals surface area contributed by atoms with Gasteiger partial charge in [0.15, 0.2) is 8.32 Å². The highest BCUT2D eigenvalue weighted by Crippen LogP contribution is 2.39. The number of hydrogen-bond acceptors (Lipinski definition) is 3. The van der Waals surface area contributed by atoms with Gasteiger partial charge in [0.1, 0.15) is 5.78 Å². The molecule has 0 saturated carbocycles. The summed E-state index contributed by atoms with van der Waals surface area (Å²) in [5.74, 6) is 0.186. The van der Waals surface area contributed by atoms with E-state index in [0.29, 0.717) is 6.42 Å². The summed E-state index contributed by atoms with van der Waals surface area (Å²) in [6.45, 7) is 13.6. The predicted octanol–water partition coefficient (Wildman–Crippen LogP) is 3.53. The van der Waals surface area contributed by atoms with Crippen LogP contribution in [-0.2, 0) is 14.0 Å². The van der Waals surface area contributed by atoms with Gasteiger partial charge in [0.05, 0.1) is 12.2 Å². The molecule has 1 aliphatic heterocycles. The van der Waals surface area contributed by atoms with Gasteiger partial charge >= 0.3 is 0 Å². The number of ether oxygens (including phenoxy) is 1. The average Bonchev–Trinajstić information content (AvgIpc) is 2.18. The maximum atomic E-state index is 11.3. The highest BCUT2D eigenvalue weighted by atomic mass is 28.4. The Labute approximate surface area is 112 Å². The van der Waals surface area contributed by atoms with E-state index < -0.39 is 8.32 Å². The van der Waals surface area contributed by atoms with Crippen molar-refractivity contribution < 1.29 is 14.0 Å². The van der Waals surface area contributed by atoms with Crippen molar-refractivity contribution in [1.29, 1.82) is 0 Å². The van der Waals surface area contributed by atoms with Crippen molar-refractivity contribution in [1.82, 2.24) is 0 Å². The summed E-state index contributed by atoms with van der Waals surface area (Å²) in [4.78, 5) is 11.3. The maximum Gasteiger partial charge on any atom is 0.192 e. The van der Waals surface area contributed by atoms with E-state index in [-0.39, 0.29) is 23.0 Å². The standard InChI is InChI=1S/C14H28O3Si/c1-11(15)10-13-12(8-7-9-16-13)17-18(5,6)14(2,3)4/h12-13H,7-10H2,1-6H3/t12-,13+/m0/s1. The molecular formula is C14H28O3Si. The van der Waals surface area contributed by atoms with Crippen LogP contribution in [0, 0.1) is 0 Å². The Balaban J connectivity index is 2.70. The Hall–Kier alpha value is -0.193. The van der Waals surface area contributed by atoms with Crippen LogP contribution in [0.5, 0.6) is 0 Å². The third-order valence-corrected chi connectivity index (χ3v) is 8.62. The minimum absolute atomic E-state index is 0.0367. The molecule has 0 aromatic heterocycles. The lowest BCUT2D eigenvalue weighted by molar-refractivity contribution is -0.125. The fraction of sp³-hybridized carbons (Fsp3) is 0.929. The Bertz CT molecular complexity index is 294. The zero-order valence-corrected chi connectivity index (χ0v) is 13.7. The minimum atomic E-state index is -1.78. The smallest absolute Gasteiger partial charge is 0.192 e. The van der Waals surface area contributed by atoms with E-state index >= 15 is 0 Å². The van der Waals surface area contributed by atoms with Crippen molar-refractivity contribution in [3.63, 3.8) is 0 Å². The Morgan fingerprint density at radius 1 is 1.39 bits per heavy atom. The van der Waals surface area contributed by atoms with Crippen LogP contribution in [-0.4, -0.2) is 32.9 Å². The molecule has 2 atom stereocenters. The molecular weight excluding hydrogens is 244 g/mol. The van der Waals surface area contributed by atoms with Crippen LogP contribution in [0.2, 0.25) is 18.1 Å². The summed E-state index contributed by atoms with van der Waals surface area (Å²) in [6.07, 6.45) is 2.60. The fourth-order valence-electron chi connectivity index (χ4n) is 1.98. The van der Waals surface area contributed by atoms with Crippen molar-refractivity contribution in [3.05, 3.63) is 0 Å². The second-order valence-corrected chi connectivity index (χ2v) is 11.6. The molecule has 0 N–H and O–H groups in total. The first kappa shape index (κ1) is 15.9. The molecule has 106 valence electrons. The van der Waals surface area contributed by atoms with Gasteiger partial charge in [-0.1, -0.05) is 20.8 Å². The first-order valence-electron chi connectivity index (χ1n) is 6.92. The van der Waals surface area contributed by atoms with Gasteiger partial charge in [-0.25, -0.2) is 0 Å². The first-order valence-corrected chi connectivity index (χ1v) is 9.83. The van der Waals surface area contributed by atoms with E-state index in [1.54, 1.807) is 6.92 Å². The van der Waals surface area contributed by atoms with Crippen LogP contribution in [0.25, 0.3) is 0 Å². The highest BCUT2D eigenvalue weighted by Gasteiger charge is 2.41. The molecule has 0 radical (unpaired) electrons. The molecule has 0 amide bonds. The Kier molecular flexibility index (Phi) is 5.15. The Morgan fingerprint density at radius 3 is 2.50 bits per heavy atom. The summed E-state index contributed by atoms with van der Waals surface area (Å²) >= 11 is 0. The molecule has 4 heteroatoms.